The fourth-order valence-electron chi connectivity index (χ4n) is 3.38. The molecule has 2 fully saturated rings. The van der Waals surface area contributed by atoms with E-state index in [1.165, 1.54) is 0 Å². The Morgan fingerprint density at radius 2 is 1.37 bits per heavy atom. The molecule has 0 amide bonds. The van der Waals surface area contributed by atoms with Crippen LogP contribution in [0.1, 0.15) is 24.0 Å². The number of carbonyl (C=O) groups excluding carboxylic acids is 2. The van der Waals surface area contributed by atoms with Crippen LogP contribution in [0.2, 0.25) is 0 Å². The van der Waals surface area contributed by atoms with E-state index in [-0.39, 0.29) is 18.8 Å². The average molecular weight is 363 g/mol. The Balaban J connectivity index is 1.47. The second kappa shape index (κ2) is 7.66. The molecule has 2 aromatic carbocycles. The van der Waals surface area contributed by atoms with Gasteiger partial charge < -0.3 is 14.4 Å². The molecule has 2 aromatic rings. The lowest BCUT2D eigenvalue weighted by atomic mass is 10.1. The maximum Gasteiger partial charge on any atom is 0.347 e. The first-order valence-corrected chi connectivity index (χ1v) is 9.14. The highest BCUT2D eigenvalue weighted by atomic mass is 16.6. The van der Waals surface area contributed by atoms with Gasteiger partial charge in [0, 0.05) is 18.3 Å². The summed E-state index contributed by atoms with van der Waals surface area (Å²) in [5.41, 5.74) is 2.56. The zero-order valence-corrected chi connectivity index (χ0v) is 15.0. The highest BCUT2D eigenvalue weighted by Crippen LogP contribution is 2.40. The summed E-state index contributed by atoms with van der Waals surface area (Å²) >= 11 is 0. The molecule has 2 heterocycles. The van der Waals surface area contributed by atoms with E-state index in [9.17, 15) is 9.59 Å². The smallest absolute Gasteiger partial charge is 0.347 e. The van der Waals surface area contributed by atoms with Crippen LogP contribution in [0.3, 0.4) is 0 Å². The summed E-state index contributed by atoms with van der Waals surface area (Å²) in [6.45, 7) is 1.16. The van der Waals surface area contributed by atoms with Crippen molar-refractivity contribution in [2.75, 3.05) is 6.54 Å². The van der Waals surface area contributed by atoms with Crippen LogP contribution in [0, 0.1) is 0 Å². The summed E-state index contributed by atoms with van der Waals surface area (Å²) in [4.78, 5) is 27.5. The normalized spacial score (nSPS) is 17.3. The minimum atomic E-state index is -0.612. The Morgan fingerprint density at radius 3 is 1.78 bits per heavy atom. The molecular weight excluding hydrogens is 342 g/mol. The highest BCUT2D eigenvalue weighted by Gasteiger charge is 2.45. The van der Waals surface area contributed by atoms with Crippen molar-refractivity contribution in [1.29, 1.82) is 0 Å². The molecule has 0 N–H and O–H groups in total. The van der Waals surface area contributed by atoms with Crippen LogP contribution in [0.4, 0.5) is 0 Å². The van der Waals surface area contributed by atoms with Crippen molar-refractivity contribution in [2.24, 2.45) is 0 Å². The highest BCUT2D eigenvalue weighted by molar-refractivity contribution is 6.14. The largest absolute Gasteiger partial charge is 0.457 e. The van der Waals surface area contributed by atoms with Gasteiger partial charge in [0.15, 0.2) is 5.57 Å². The van der Waals surface area contributed by atoms with Gasteiger partial charge in [0.2, 0.25) is 0 Å². The zero-order chi connectivity index (χ0) is 18.6. The molecule has 0 saturated carbocycles. The SMILES string of the molecule is O=C(OCc1ccccc1)C(C(=O)OCc1ccccc1)=C1CC[C@@H]2CN12. The van der Waals surface area contributed by atoms with E-state index in [1.54, 1.807) is 0 Å². The molecule has 4 rings (SSSR count). The van der Waals surface area contributed by atoms with Gasteiger partial charge in [-0.15, -0.1) is 0 Å². The Bertz CT molecular complexity index is 803. The summed E-state index contributed by atoms with van der Waals surface area (Å²) in [6.07, 6.45) is 1.68. The number of esters is 2. The number of rotatable bonds is 6. The molecule has 0 aromatic heterocycles. The number of nitrogens with zero attached hydrogens (tertiary/aromatic N) is 1. The van der Waals surface area contributed by atoms with Gasteiger partial charge in [0.05, 0.1) is 0 Å². The van der Waals surface area contributed by atoms with Crippen LogP contribution in [0.15, 0.2) is 71.9 Å². The van der Waals surface area contributed by atoms with E-state index in [1.807, 2.05) is 60.7 Å². The standard InChI is InChI=1S/C22H21NO4/c24-21(26-14-16-7-3-1-4-8-16)20(19-12-11-18-13-23(18)19)22(25)27-15-17-9-5-2-6-10-17/h1-10,18H,11-15H2/t18-,23?/m1/s1. The first kappa shape index (κ1) is 17.3. The summed E-state index contributed by atoms with van der Waals surface area (Å²) in [7, 11) is 0. The maximum absolute atomic E-state index is 12.7. The lowest BCUT2D eigenvalue weighted by Crippen LogP contribution is -2.22. The summed E-state index contributed by atoms with van der Waals surface area (Å²) < 4.78 is 10.8. The Morgan fingerprint density at radius 1 is 0.852 bits per heavy atom. The molecule has 2 aliphatic heterocycles. The molecule has 2 aliphatic rings. The fourth-order valence-corrected chi connectivity index (χ4v) is 3.38. The molecule has 5 nitrogen and oxygen atoms in total. The van der Waals surface area contributed by atoms with Crippen molar-refractivity contribution >= 4 is 11.9 Å². The lowest BCUT2D eigenvalue weighted by Gasteiger charge is -2.13. The molecule has 0 aliphatic carbocycles. The number of carbonyl (C=O) groups is 2. The first-order valence-electron chi connectivity index (χ1n) is 9.14. The number of hydrogen-bond acceptors (Lipinski definition) is 5. The zero-order valence-electron chi connectivity index (χ0n) is 15.0. The molecule has 2 saturated heterocycles. The molecule has 138 valence electrons. The van der Waals surface area contributed by atoms with E-state index in [2.05, 4.69) is 4.90 Å². The lowest BCUT2D eigenvalue weighted by molar-refractivity contribution is -0.148. The molecule has 27 heavy (non-hydrogen) atoms. The van der Waals surface area contributed by atoms with Crippen molar-refractivity contribution in [3.63, 3.8) is 0 Å². The third-order valence-electron chi connectivity index (χ3n) is 4.90. The fraction of sp³-hybridized carbons (Fsp3) is 0.273. The van der Waals surface area contributed by atoms with Crippen molar-refractivity contribution in [1.82, 2.24) is 4.90 Å². The second-order valence-corrected chi connectivity index (χ2v) is 6.79. The predicted octanol–water partition coefficient (Wildman–Crippen LogP) is 3.21. The summed E-state index contributed by atoms with van der Waals surface area (Å²) in [6, 6.07) is 19.3. The first-order chi connectivity index (χ1) is 13.2. The van der Waals surface area contributed by atoms with E-state index in [0.717, 1.165) is 29.8 Å². The number of hydrogen-bond donors (Lipinski definition) is 0. The van der Waals surface area contributed by atoms with Gasteiger partial charge in [0.1, 0.15) is 13.2 Å². The molecule has 0 bridgehead atoms. The van der Waals surface area contributed by atoms with Gasteiger partial charge in [-0.2, -0.15) is 0 Å². The number of allylic oxidation sites excluding steroid dienone is 1. The van der Waals surface area contributed by atoms with Crippen LogP contribution >= 0.6 is 0 Å². The van der Waals surface area contributed by atoms with Crippen molar-refractivity contribution < 1.29 is 19.1 Å². The van der Waals surface area contributed by atoms with E-state index in [0.29, 0.717) is 12.5 Å². The van der Waals surface area contributed by atoms with Crippen molar-refractivity contribution in [3.05, 3.63) is 83.1 Å². The van der Waals surface area contributed by atoms with Crippen molar-refractivity contribution in [2.45, 2.75) is 32.1 Å². The molecule has 0 radical (unpaired) electrons. The van der Waals surface area contributed by atoms with E-state index < -0.39 is 11.9 Å². The van der Waals surface area contributed by atoms with Gasteiger partial charge in [-0.1, -0.05) is 60.7 Å². The maximum atomic E-state index is 12.7. The third kappa shape index (κ3) is 4.03. The minimum Gasteiger partial charge on any atom is -0.457 e. The minimum absolute atomic E-state index is 0.0434. The summed E-state index contributed by atoms with van der Waals surface area (Å²) in [5.74, 6) is -1.22. The van der Waals surface area contributed by atoms with Crippen molar-refractivity contribution in [3.8, 4) is 0 Å². The van der Waals surface area contributed by atoms with Crippen LogP contribution in [-0.2, 0) is 32.3 Å². The van der Waals surface area contributed by atoms with E-state index >= 15 is 0 Å². The Hall–Kier alpha value is -3.08. The van der Waals surface area contributed by atoms with Crippen LogP contribution < -0.4 is 0 Å². The molecule has 5 heteroatoms. The number of fused-ring (bicyclic) bond motifs is 1. The Labute approximate surface area is 158 Å². The van der Waals surface area contributed by atoms with Crippen LogP contribution in [-0.4, -0.2) is 29.4 Å². The van der Waals surface area contributed by atoms with Crippen LogP contribution in [0.25, 0.3) is 0 Å². The molecule has 1 atom stereocenters. The molecule has 0 spiro atoms. The quantitative estimate of drug-likeness (QED) is 0.259. The monoisotopic (exact) mass is 363 g/mol. The Kier molecular flexibility index (Phi) is 4.92. The number of benzene rings is 2. The van der Waals surface area contributed by atoms with Gasteiger partial charge >= 0.3 is 11.9 Å². The molecule has 0 unspecified atom stereocenters. The predicted molar refractivity (Wildman–Crippen MR) is 99.2 cm³/mol. The second-order valence-electron chi connectivity index (χ2n) is 6.79. The number of piperidine rings is 1. The van der Waals surface area contributed by atoms with Gasteiger partial charge in [-0.3, -0.25) is 0 Å². The third-order valence-corrected chi connectivity index (χ3v) is 4.90. The summed E-state index contributed by atoms with van der Waals surface area (Å²) in [5, 5.41) is 0. The van der Waals surface area contributed by atoms with Crippen LogP contribution in [0.5, 0.6) is 0 Å². The van der Waals surface area contributed by atoms with Gasteiger partial charge in [-0.25, -0.2) is 9.59 Å². The number of ether oxygens (including phenoxy) is 2. The van der Waals surface area contributed by atoms with Gasteiger partial charge in [-0.05, 0) is 24.0 Å². The molecular formula is C22H21NO4. The van der Waals surface area contributed by atoms with Gasteiger partial charge in [0.25, 0.3) is 0 Å². The topological polar surface area (TPSA) is 55.6 Å². The average Bonchev–Trinajstić information content (AvgIpc) is 3.39. The van der Waals surface area contributed by atoms with E-state index in [4.69, 9.17) is 9.47 Å².